The van der Waals surface area contributed by atoms with Crippen LogP contribution in [0.1, 0.15) is 10.4 Å². The maximum Gasteiger partial charge on any atom is 0.339 e. The Balaban J connectivity index is 2.97. The molecule has 0 spiro atoms. The minimum absolute atomic E-state index is 0.0482. The lowest BCUT2D eigenvalue weighted by atomic mass is 10.1. The number of carboxylic acids is 1. The third-order valence-electron chi connectivity index (χ3n) is 2.11. The number of aromatic nitrogens is 1. The molecule has 0 saturated carbocycles. The van der Waals surface area contributed by atoms with E-state index in [-0.39, 0.29) is 10.2 Å². The van der Waals surface area contributed by atoms with Crippen LogP contribution >= 0.6 is 24.8 Å². The predicted molar refractivity (Wildman–Crippen MR) is 63.3 cm³/mol. The number of carboxylic acid groups (broad SMARTS) is 1. The summed E-state index contributed by atoms with van der Waals surface area (Å²) in [6, 6.07) is 7.30. The number of nitrogens with one attached hydrogen (secondary N) is 1. The molecule has 1 aromatic heterocycles. The van der Waals surface area contributed by atoms with Crippen molar-refractivity contribution in [3.63, 3.8) is 0 Å². The Morgan fingerprint density at radius 1 is 1.40 bits per heavy atom. The molecular formula is C10H7NO2S2. The maximum absolute atomic E-state index is 11.0. The normalized spacial score (nSPS) is 10.5. The van der Waals surface area contributed by atoms with Gasteiger partial charge in [0.25, 0.3) is 0 Å². The fourth-order valence-electron chi connectivity index (χ4n) is 1.42. The molecule has 0 aliphatic carbocycles. The number of pyridine rings is 1. The Hall–Kier alpha value is -1.33. The van der Waals surface area contributed by atoms with E-state index in [0.717, 1.165) is 10.9 Å². The quantitative estimate of drug-likeness (QED) is 0.528. The number of thiol groups is 1. The average molecular weight is 237 g/mol. The van der Waals surface area contributed by atoms with Crippen molar-refractivity contribution in [3.8, 4) is 0 Å². The first kappa shape index (κ1) is 10.2. The van der Waals surface area contributed by atoms with Gasteiger partial charge in [0.05, 0.1) is 0 Å². The Morgan fingerprint density at radius 3 is 2.73 bits per heavy atom. The molecule has 0 unspecified atom stereocenters. The summed E-state index contributed by atoms with van der Waals surface area (Å²) < 4.78 is 0.200. The lowest BCUT2D eigenvalue weighted by Crippen LogP contribution is -2.01. The van der Waals surface area contributed by atoms with Crippen molar-refractivity contribution in [1.82, 2.24) is 4.98 Å². The summed E-state index contributed by atoms with van der Waals surface area (Å²) >= 11 is 9.16. The molecule has 0 aliphatic heterocycles. The minimum atomic E-state index is -1.06. The van der Waals surface area contributed by atoms with Gasteiger partial charge in [0.2, 0.25) is 0 Å². The van der Waals surface area contributed by atoms with Crippen LogP contribution in [0.4, 0.5) is 0 Å². The highest BCUT2D eigenvalue weighted by Gasteiger charge is 2.13. The molecule has 2 aromatic rings. The van der Waals surface area contributed by atoms with E-state index in [1.165, 1.54) is 0 Å². The second kappa shape index (κ2) is 3.67. The van der Waals surface area contributed by atoms with Gasteiger partial charge in [-0.1, -0.05) is 30.4 Å². The zero-order valence-electron chi connectivity index (χ0n) is 7.52. The third-order valence-corrected chi connectivity index (χ3v) is 2.88. The van der Waals surface area contributed by atoms with Crippen LogP contribution < -0.4 is 0 Å². The first-order valence-corrected chi connectivity index (χ1v) is 5.04. The third kappa shape index (κ3) is 1.64. The van der Waals surface area contributed by atoms with Crippen molar-refractivity contribution in [3.05, 3.63) is 34.5 Å². The van der Waals surface area contributed by atoms with Crippen LogP contribution in [0.5, 0.6) is 0 Å². The minimum Gasteiger partial charge on any atom is -0.478 e. The molecule has 15 heavy (non-hydrogen) atoms. The number of para-hydroxylation sites is 1. The zero-order chi connectivity index (χ0) is 11.0. The summed E-state index contributed by atoms with van der Waals surface area (Å²) in [7, 11) is 0. The summed E-state index contributed by atoms with van der Waals surface area (Å²) in [5.41, 5.74) is 0.838. The average Bonchev–Trinajstić information content (AvgIpc) is 2.17. The Labute approximate surface area is 96.2 Å². The highest BCUT2D eigenvalue weighted by atomic mass is 32.1. The van der Waals surface area contributed by atoms with Crippen molar-refractivity contribution < 1.29 is 9.90 Å². The molecule has 0 bridgehead atoms. The largest absolute Gasteiger partial charge is 0.478 e. The van der Waals surface area contributed by atoms with Gasteiger partial charge in [-0.3, -0.25) is 0 Å². The smallest absolute Gasteiger partial charge is 0.339 e. The lowest BCUT2D eigenvalue weighted by molar-refractivity contribution is 0.0692. The van der Waals surface area contributed by atoms with E-state index in [1.807, 2.05) is 18.2 Å². The second-order valence-electron chi connectivity index (χ2n) is 3.03. The van der Waals surface area contributed by atoms with Crippen molar-refractivity contribution in [1.29, 1.82) is 0 Å². The van der Waals surface area contributed by atoms with E-state index < -0.39 is 5.97 Å². The van der Waals surface area contributed by atoms with Crippen LogP contribution in [-0.4, -0.2) is 16.1 Å². The molecule has 0 aliphatic rings. The van der Waals surface area contributed by atoms with Gasteiger partial charge in [-0.2, -0.15) is 0 Å². The van der Waals surface area contributed by atoms with E-state index in [1.54, 1.807) is 6.07 Å². The number of aromatic amines is 1. The molecule has 5 heteroatoms. The van der Waals surface area contributed by atoms with E-state index >= 15 is 0 Å². The molecule has 1 heterocycles. The molecule has 3 nitrogen and oxygen atoms in total. The van der Waals surface area contributed by atoms with Gasteiger partial charge in [-0.05, 0) is 6.07 Å². The van der Waals surface area contributed by atoms with E-state index in [0.29, 0.717) is 4.90 Å². The molecule has 0 saturated heterocycles. The molecule has 2 rings (SSSR count). The van der Waals surface area contributed by atoms with E-state index in [2.05, 4.69) is 17.6 Å². The standard InChI is InChI=1S/C10H7NO2S2/c12-10(13)7-8(14)5-3-1-2-4-6(5)11-9(7)15/h1-4H,(H,12,13)(H2,11,14,15). The van der Waals surface area contributed by atoms with Crippen LogP contribution in [0, 0.1) is 4.64 Å². The van der Waals surface area contributed by atoms with Crippen molar-refractivity contribution in [2.24, 2.45) is 0 Å². The van der Waals surface area contributed by atoms with Gasteiger partial charge in [-0.25, -0.2) is 4.79 Å². The summed E-state index contributed by atoms with van der Waals surface area (Å²) in [6.07, 6.45) is 0. The Bertz CT molecular complexity index is 604. The predicted octanol–water partition coefficient (Wildman–Crippen LogP) is 2.88. The number of aromatic carboxylic acids is 1. The monoisotopic (exact) mass is 237 g/mol. The summed E-state index contributed by atoms with van der Waals surface area (Å²) in [5, 5.41) is 9.73. The Kier molecular flexibility index (Phi) is 2.50. The first-order chi connectivity index (χ1) is 7.11. The number of carbonyl (C=O) groups is 1. The zero-order valence-corrected chi connectivity index (χ0v) is 9.23. The van der Waals surface area contributed by atoms with Gasteiger partial charge >= 0.3 is 5.97 Å². The molecule has 0 atom stereocenters. The maximum atomic E-state index is 11.0. The van der Waals surface area contributed by atoms with Crippen molar-refractivity contribution >= 4 is 41.7 Å². The lowest BCUT2D eigenvalue weighted by Gasteiger charge is -2.05. The molecule has 0 amide bonds. The second-order valence-corrected chi connectivity index (χ2v) is 3.88. The highest BCUT2D eigenvalue weighted by Crippen LogP contribution is 2.24. The molecule has 1 aromatic carbocycles. The fourth-order valence-corrected chi connectivity index (χ4v) is 2.20. The van der Waals surface area contributed by atoms with E-state index in [4.69, 9.17) is 17.3 Å². The van der Waals surface area contributed by atoms with Gasteiger partial charge < -0.3 is 10.1 Å². The number of fused-ring (bicyclic) bond motifs is 1. The van der Waals surface area contributed by atoms with Crippen LogP contribution in [0.2, 0.25) is 0 Å². The summed E-state index contributed by atoms with van der Waals surface area (Å²) in [5.74, 6) is -1.06. The first-order valence-electron chi connectivity index (χ1n) is 4.18. The molecule has 2 N–H and O–H groups in total. The van der Waals surface area contributed by atoms with E-state index in [9.17, 15) is 4.79 Å². The summed E-state index contributed by atoms with van der Waals surface area (Å²) in [4.78, 5) is 14.2. The Morgan fingerprint density at radius 2 is 2.07 bits per heavy atom. The molecule has 0 radical (unpaired) electrons. The number of H-pyrrole nitrogens is 1. The number of hydrogen-bond donors (Lipinski definition) is 3. The van der Waals surface area contributed by atoms with Gasteiger partial charge in [0.15, 0.2) is 0 Å². The van der Waals surface area contributed by atoms with Crippen molar-refractivity contribution in [2.45, 2.75) is 4.90 Å². The van der Waals surface area contributed by atoms with Crippen LogP contribution in [0.3, 0.4) is 0 Å². The topological polar surface area (TPSA) is 53.1 Å². The number of benzene rings is 1. The number of rotatable bonds is 1. The molecule has 76 valence electrons. The fraction of sp³-hybridized carbons (Fsp3) is 0. The highest BCUT2D eigenvalue weighted by molar-refractivity contribution is 7.80. The van der Waals surface area contributed by atoms with Gasteiger partial charge in [0, 0.05) is 15.8 Å². The van der Waals surface area contributed by atoms with Crippen molar-refractivity contribution in [2.75, 3.05) is 0 Å². The molecular weight excluding hydrogens is 230 g/mol. The summed E-state index contributed by atoms with van der Waals surface area (Å²) in [6.45, 7) is 0. The van der Waals surface area contributed by atoms with Gasteiger partial charge in [0.1, 0.15) is 10.2 Å². The van der Waals surface area contributed by atoms with Crippen LogP contribution in [-0.2, 0) is 0 Å². The molecule has 0 fully saturated rings. The number of hydrogen-bond acceptors (Lipinski definition) is 3. The SMILES string of the molecule is O=C(O)c1c(S)c2ccccc2[nH]c1=S. The van der Waals surface area contributed by atoms with Gasteiger partial charge in [-0.15, -0.1) is 12.6 Å². The van der Waals surface area contributed by atoms with Crippen LogP contribution in [0.15, 0.2) is 29.2 Å². The van der Waals surface area contributed by atoms with Crippen LogP contribution in [0.25, 0.3) is 10.9 Å².